The van der Waals surface area contributed by atoms with Gasteiger partial charge in [0.15, 0.2) is 0 Å². The van der Waals surface area contributed by atoms with Crippen LogP contribution in [0.4, 0.5) is 0 Å². The number of likely N-dealkylation sites (N-methyl/N-ethyl adjacent to an activating group) is 2. The van der Waals surface area contributed by atoms with Crippen molar-refractivity contribution in [2.45, 2.75) is 174 Å². The van der Waals surface area contributed by atoms with Crippen LogP contribution in [-0.4, -0.2) is 147 Å². The Hall–Kier alpha value is -4.26. The number of amides is 6. The largest absolute Gasteiger partial charge is 0.394 e. The van der Waals surface area contributed by atoms with Gasteiger partial charge in [-0.3, -0.25) is 28.8 Å². The van der Waals surface area contributed by atoms with Crippen LogP contribution in [0.5, 0.6) is 0 Å². The second kappa shape index (κ2) is 28.8. The lowest BCUT2D eigenvalue weighted by Gasteiger charge is -2.37. The first-order chi connectivity index (χ1) is 31.4. The maximum absolute atomic E-state index is 14.0. The molecule has 0 bridgehead atoms. The highest BCUT2D eigenvalue weighted by Gasteiger charge is 2.43. The standard InChI is InChI=1S/C49H82N8O9/c1-32(2)38(53-44(60)34(4)52-47(63)41(36-23-16-13-17-24-36)55-45(61)37(29-58)51-9)30-65-27-18-10-11-19-28-66-31-39(35-21-14-12-15-22-35)54-46(62)40-25-20-26-57(40)48(64)42(49(5,6)7)56-43(59)33(3)50-8/h32-42,50-51,58H,12-17,20-31H2,1-9H3,(H,52,63)(H,53,60)(H,54,62)(H,55,61)(H,56,59)/t33-,34+,37+,38+,39?,40?,41+,42+/m0/s1. The molecule has 0 aromatic heterocycles. The molecule has 372 valence electrons. The topological polar surface area (TPSA) is 229 Å². The summed E-state index contributed by atoms with van der Waals surface area (Å²) in [6.45, 7) is 13.7. The van der Waals surface area contributed by atoms with E-state index in [1.54, 1.807) is 32.8 Å². The van der Waals surface area contributed by atoms with E-state index in [1.165, 1.54) is 0 Å². The van der Waals surface area contributed by atoms with Gasteiger partial charge in [-0.05, 0) is 101 Å². The fourth-order valence-electron chi connectivity index (χ4n) is 8.76. The molecule has 6 amide bonds. The Labute approximate surface area is 394 Å². The van der Waals surface area contributed by atoms with Crippen LogP contribution in [0.2, 0.25) is 0 Å². The van der Waals surface area contributed by atoms with Crippen molar-refractivity contribution in [1.29, 1.82) is 0 Å². The van der Waals surface area contributed by atoms with Gasteiger partial charge in [-0.2, -0.15) is 0 Å². The number of hydrogen-bond donors (Lipinski definition) is 8. The van der Waals surface area contributed by atoms with Crippen molar-refractivity contribution in [2.75, 3.05) is 53.7 Å². The second-order valence-electron chi connectivity index (χ2n) is 19.7. The molecule has 2 unspecified atom stereocenters. The lowest BCUT2D eigenvalue weighted by atomic mass is 9.83. The van der Waals surface area contributed by atoms with Gasteiger partial charge < -0.3 is 56.7 Å². The molecule has 17 heteroatoms. The van der Waals surface area contributed by atoms with E-state index in [1.807, 2.05) is 34.6 Å². The van der Waals surface area contributed by atoms with Crippen molar-refractivity contribution < 1.29 is 43.3 Å². The van der Waals surface area contributed by atoms with Crippen LogP contribution >= 0.6 is 0 Å². The summed E-state index contributed by atoms with van der Waals surface area (Å²) in [5, 5.41) is 30.0. The number of ether oxygens (including phenoxy) is 2. The van der Waals surface area contributed by atoms with Gasteiger partial charge in [0.05, 0.1) is 37.9 Å². The molecule has 2 aliphatic carbocycles. The van der Waals surface area contributed by atoms with E-state index in [0.29, 0.717) is 19.4 Å². The summed E-state index contributed by atoms with van der Waals surface area (Å²) in [4.78, 5) is 81.8. The average molecular weight is 927 g/mol. The summed E-state index contributed by atoms with van der Waals surface area (Å²) in [6.07, 6.45) is 11.0. The molecular formula is C49H82N8O9. The van der Waals surface area contributed by atoms with Crippen LogP contribution in [0.3, 0.4) is 0 Å². The molecule has 8 N–H and O–H groups in total. The summed E-state index contributed by atoms with van der Waals surface area (Å²) in [5.74, 6) is 9.52. The third-order valence-corrected chi connectivity index (χ3v) is 13.2. The van der Waals surface area contributed by atoms with E-state index in [0.717, 1.165) is 64.2 Å². The van der Waals surface area contributed by atoms with Crippen LogP contribution in [0.15, 0.2) is 0 Å². The van der Waals surface area contributed by atoms with Crippen LogP contribution in [0, 0.1) is 46.9 Å². The van der Waals surface area contributed by atoms with Gasteiger partial charge in [0.25, 0.3) is 0 Å². The van der Waals surface area contributed by atoms with Crippen molar-refractivity contribution in [3.05, 3.63) is 0 Å². The maximum Gasteiger partial charge on any atom is 0.246 e. The summed E-state index contributed by atoms with van der Waals surface area (Å²) in [5.41, 5.74) is -0.568. The molecule has 8 atom stereocenters. The highest BCUT2D eigenvalue weighted by atomic mass is 16.5. The number of likely N-dealkylation sites (tertiary alicyclic amines) is 1. The Kier molecular flexibility index (Phi) is 24.5. The quantitative estimate of drug-likeness (QED) is 0.0542. The molecule has 1 aliphatic heterocycles. The lowest BCUT2D eigenvalue weighted by molar-refractivity contribution is -0.144. The van der Waals surface area contributed by atoms with Crippen molar-refractivity contribution in [1.82, 2.24) is 42.1 Å². The van der Waals surface area contributed by atoms with Crippen LogP contribution in [-0.2, 0) is 38.2 Å². The molecule has 2 saturated carbocycles. The summed E-state index contributed by atoms with van der Waals surface area (Å²) in [6, 6.07) is -5.04. The van der Waals surface area contributed by atoms with E-state index < -0.39 is 60.1 Å². The Morgan fingerprint density at radius 2 is 1.23 bits per heavy atom. The number of hydrogen-bond acceptors (Lipinski definition) is 11. The van der Waals surface area contributed by atoms with E-state index in [9.17, 15) is 33.9 Å². The number of nitrogens with zero attached hydrogens (tertiary/aromatic N) is 1. The van der Waals surface area contributed by atoms with Crippen molar-refractivity contribution in [2.24, 2.45) is 23.2 Å². The number of carbonyl (C=O) groups is 6. The summed E-state index contributed by atoms with van der Waals surface area (Å²) in [7, 11) is 3.25. The molecule has 17 nitrogen and oxygen atoms in total. The fourth-order valence-corrected chi connectivity index (χ4v) is 8.76. The van der Waals surface area contributed by atoms with Gasteiger partial charge in [0, 0.05) is 6.54 Å². The second-order valence-corrected chi connectivity index (χ2v) is 19.7. The molecule has 1 saturated heterocycles. The molecule has 3 fully saturated rings. The number of nitrogens with one attached hydrogen (secondary N) is 7. The van der Waals surface area contributed by atoms with E-state index >= 15 is 0 Å². The lowest BCUT2D eigenvalue weighted by Crippen LogP contribution is -2.60. The first-order valence-electron chi connectivity index (χ1n) is 24.3. The zero-order chi connectivity index (χ0) is 48.8. The monoisotopic (exact) mass is 927 g/mol. The summed E-state index contributed by atoms with van der Waals surface area (Å²) >= 11 is 0. The van der Waals surface area contributed by atoms with Gasteiger partial charge in [0.1, 0.15) is 43.4 Å². The molecule has 3 aliphatic rings. The van der Waals surface area contributed by atoms with E-state index in [2.05, 4.69) is 60.9 Å². The molecule has 3 rings (SSSR count). The smallest absolute Gasteiger partial charge is 0.246 e. The predicted octanol–water partition coefficient (Wildman–Crippen LogP) is 1.51. The van der Waals surface area contributed by atoms with Crippen LogP contribution < -0.4 is 37.2 Å². The van der Waals surface area contributed by atoms with Gasteiger partial charge >= 0.3 is 0 Å². The minimum atomic E-state index is -0.875. The van der Waals surface area contributed by atoms with Crippen molar-refractivity contribution in [3.8, 4) is 23.7 Å². The maximum atomic E-state index is 14.0. The first kappa shape index (κ1) is 56.1. The Morgan fingerprint density at radius 1 is 0.652 bits per heavy atom. The third kappa shape index (κ3) is 18.1. The highest BCUT2D eigenvalue weighted by molar-refractivity contribution is 5.94. The first-order valence-corrected chi connectivity index (χ1v) is 24.3. The number of aliphatic hydroxyl groups excluding tert-OH is 1. The molecule has 0 aromatic carbocycles. The van der Waals surface area contributed by atoms with E-state index in [4.69, 9.17) is 9.47 Å². The minimum Gasteiger partial charge on any atom is -0.394 e. The SMILES string of the molecule is CN[C@@H](C)C(=O)N[C@H](C(=O)N1CCCC1C(=O)NC(COCC#CC#CCOC[C@@H](NC(=O)[C@@H](C)NC(=O)[C@H](NC(=O)[C@@H](CO)NC)C1CCCCC1)C(C)C)C1CCCCC1)C(C)(C)C. The average Bonchev–Trinajstić information content (AvgIpc) is 3.80. The van der Waals surface area contributed by atoms with Gasteiger partial charge in [-0.1, -0.05) is 85.0 Å². The molecular weight excluding hydrogens is 845 g/mol. The van der Waals surface area contributed by atoms with Crippen LogP contribution in [0.25, 0.3) is 0 Å². The fraction of sp³-hybridized carbons (Fsp3) is 0.796. The number of aliphatic hydroxyl groups is 1. The Bertz CT molecular complexity index is 1700. The zero-order valence-corrected chi connectivity index (χ0v) is 41.2. The zero-order valence-electron chi connectivity index (χ0n) is 41.2. The highest BCUT2D eigenvalue weighted by Crippen LogP contribution is 2.30. The minimum absolute atomic E-state index is 0.0159. The molecule has 1 heterocycles. The number of carbonyl (C=O) groups excluding carboxylic acids is 6. The normalized spacial score (nSPS) is 20.2. The number of rotatable bonds is 23. The van der Waals surface area contributed by atoms with Crippen LogP contribution in [0.1, 0.15) is 126 Å². The van der Waals surface area contributed by atoms with Gasteiger partial charge in [0.2, 0.25) is 35.4 Å². The van der Waals surface area contributed by atoms with Gasteiger partial charge in [-0.15, -0.1) is 0 Å². The Balaban J connectivity index is 1.50. The van der Waals surface area contributed by atoms with Crippen molar-refractivity contribution >= 4 is 35.4 Å². The third-order valence-electron chi connectivity index (χ3n) is 13.2. The molecule has 0 aromatic rings. The van der Waals surface area contributed by atoms with E-state index in [-0.39, 0.29) is 79.9 Å². The predicted molar refractivity (Wildman–Crippen MR) is 253 cm³/mol. The van der Waals surface area contributed by atoms with Crippen molar-refractivity contribution in [3.63, 3.8) is 0 Å². The summed E-state index contributed by atoms with van der Waals surface area (Å²) < 4.78 is 11.8. The Morgan fingerprint density at radius 3 is 1.77 bits per heavy atom. The molecule has 66 heavy (non-hydrogen) atoms. The van der Waals surface area contributed by atoms with Gasteiger partial charge in [-0.25, -0.2) is 0 Å². The molecule has 0 spiro atoms. The molecule has 0 radical (unpaired) electrons.